The molecule has 1 aliphatic heterocycles. The molecule has 0 spiro atoms. The van der Waals surface area contributed by atoms with Crippen molar-refractivity contribution >= 4 is 27.5 Å². The minimum absolute atomic E-state index is 0.156. The van der Waals surface area contributed by atoms with Crippen LogP contribution in [0.25, 0.3) is 10.2 Å². The number of carbonyl (C=O) groups is 1. The average Bonchev–Trinajstić information content (AvgIpc) is 3.14. The fraction of sp³-hybridized carbons (Fsp3) is 0.235. The van der Waals surface area contributed by atoms with E-state index in [0.29, 0.717) is 40.7 Å². The molecule has 134 valence electrons. The number of ether oxygens (including phenoxy) is 4. The van der Waals surface area contributed by atoms with Gasteiger partial charge in [0.2, 0.25) is 5.75 Å². The number of nitrogens with one attached hydrogen (secondary N) is 1. The third kappa shape index (κ3) is 2.97. The maximum atomic E-state index is 12.4. The summed E-state index contributed by atoms with van der Waals surface area (Å²) in [7, 11) is 1.48. The van der Waals surface area contributed by atoms with Crippen molar-refractivity contribution in [3.63, 3.8) is 0 Å². The molecular formula is C17H14N2O6S. The molecule has 9 heteroatoms. The molecule has 1 aromatic carbocycles. The Morgan fingerprint density at radius 1 is 1.35 bits per heavy atom. The molecule has 1 aliphatic rings. The van der Waals surface area contributed by atoms with Gasteiger partial charge in [-0.3, -0.25) is 4.79 Å². The highest BCUT2D eigenvalue weighted by atomic mass is 32.1. The number of aromatic nitrogens is 2. The molecule has 0 unspecified atom stereocenters. The maximum absolute atomic E-state index is 12.4. The summed E-state index contributed by atoms with van der Waals surface area (Å²) in [6.45, 7) is 0.647. The van der Waals surface area contributed by atoms with Gasteiger partial charge in [0, 0.05) is 0 Å². The van der Waals surface area contributed by atoms with Gasteiger partial charge in [-0.2, -0.15) is 0 Å². The number of thiophene rings is 1. The van der Waals surface area contributed by atoms with E-state index in [0.717, 1.165) is 0 Å². The Labute approximate surface area is 151 Å². The summed E-state index contributed by atoms with van der Waals surface area (Å²) in [6, 6.07) is 4.80. The number of methoxy groups -OCH3 is 1. The van der Waals surface area contributed by atoms with Crippen molar-refractivity contribution in [2.24, 2.45) is 0 Å². The van der Waals surface area contributed by atoms with Crippen LogP contribution in [-0.2, 0) is 11.3 Å². The van der Waals surface area contributed by atoms with Gasteiger partial charge in [0.1, 0.15) is 30.3 Å². The van der Waals surface area contributed by atoms with Crippen LogP contribution < -0.4 is 19.8 Å². The summed E-state index contributed by atoms with van der Waals surface area (Å²) in [5.41, 5.74) is 0.577. The van der Waals surface area contributed by atoms with Crippen molar-refractivity contribution in [2.75, 3.05) is 20.3 Å². The number of hydrogen-bond acceptors (Lipinski definition) is 8. The first-order valence-corrected chi connectivity index (χ1v) is 8.65. The fourth-order valence-electron chi connectivity index (χ4n) is 2.60. The largest absolute Gasteiger partial charge is 0.493 e. The lowest BCUT2D eigenvalue weighted by Crippen LogP contribution is -2.17. The second kappa shape index (κ2) is 6.68. The lowest BCUT2D eigenvalue weighted by atomic mass is 10.1. The minimum Gasteiger partial charge on any atom is -0.493 e. The standard InChI is InChI=1S/C17H14N2O6S/c1-22-11-6-9(7-12-14(11)24-4-3-23-12)17(21)25-8-13-18-10-2-5-26-15(10)16(20)19-13/h2,5-7H,3-4,8H2,1H3,(H,18,19,20). The molecule has 0 aliphatic carbocycles. The van der Waals surface area contributed by atoms with Gasteiger partial charge in [-0.15, -0.1) is 11.3 Å². The molecule has 0 amide bonds. The first-order valence-electron chi connectivity index (χ1n) is 7.77. The van der Waals surface area contributed by atoms with Crippen LogP contribution in [0, 0.1) is 0 Å². The van der Waals surface area contributed by atoms with Gasteiger partial charge in [0.25, 0.3) is 5.56 Å². The predicted octanol–water partition coefficient (Wildman–Crippen LogP) is 2.12. The molecule has 2 aromatic heterocycles. The summed E-state index contributed by atoms with van der Waals surface area (Å²) in [5, 5.41) is 1.78. The Kier molecular flexibility index (Phi) is 4.21. The van der Waals surface area contributed by atoms with Gasteiger partial charge in [0.15, 0.2) is 11.5 Å². The zero-order chi connectivity index (χ0) is 18.1. The van der Waals surface area contributed by atoms with E-state index in [2.05, 4.69) is 9.97 Å². The molecule has 0 fully saturated rings. The van der Waals surface area contributed by atoms with E-state index in [9.17, 15) is 9.59 Å². The molecule has 26 heavy (non-hydrogen) atoms. The number of hydrogen-bond donors (Lipinski definition) is 1. The summed E-state index contributed by atoms with van der Waals surface area (Å²) >= 11 is 1.31. The number of benzene rings is 1. The predicted molar refractivity (Wildman–Crippen MR) is 93.3 cm³/mol. The third-order valence-electron chi connectivity index (χ3n) is 3.77. The molecule has 4 rings (SSSR count). The molecule has 8 nitrogen and oxygen atoms in total. The van der Waals surface area contributed by atoms with Crippen molar-refractivity contribution in [1.29, 1.82) is 0 Å². The van der Waals surface area contributed by atoms with E-state index in [1.807, 2.05) is 0 Å². The van der Waals surface area contributed by atoms with E-state index < -0.39 is 5.97 Å². The van der Waals surface area contributed by atoms with E-state index in [4.69, 9.17) is 18.9 Å². The highest BCUT2D eigenvalue weighted by Crippen LogP contribution is 2.40. The number of rotatable bonds is 4. The highest BCUT2D eigenvalue weighted by molar-refractivity contribution is 7.17. The number of nitrogens with zero attached hydrogens (tertiary/aromatic N) is 1. The minimum atomic E-state index is -0.590. The van der Waals surface area contributed by atoms with Crippen molar-refractivity contribution in [2.45, 2.75) is 6.61 Å². The molecule has 3 heterocycles. The monoisotopic (exact) mass is 374 g/mol. The van der Waals surface area contributed by atoms with Crippen molar-refractivity contribution in [3.8, 4) is 17.2 Å². The van der Waals surface area contributed by atoms with E-state index in [1.165, 1.54) is 30.6 Å². The zero-order valence-electron chi connectivity index (χ0n) is 13.7. The van der Waals surface area contributed by atoms with Gasteiger partial charge in [-0.05, 0) is 23.6 Å². The first kappa shape index (κ1) is 16.4. The number of aromatic amines is 1. The summed E-state index contributed by atoms with van der Waals surface area (Å²) < 4.78 is 22.1. The topological polar surface area (TPSA) is 99.7 Å². The van der Waals surface area contributed by atoms with Crippen LogP contribution in [-0.4, -0.2) is 36.3 Å². The summed E-state index contributed by atoms with van der Waals surface area (Å²) in [4.78, 5) is 31.2. The van der Waals surface area contributed by atoms with Gasteiger partial charge >= 0.3 is 5.97 Å². The Bertz CT molecular complexity index is 1020. The Morgan fingerprint density at radius 3 is 3.04 bits per heavy atom. The SMILES string of the molecule is COc1cc(C(=O)OCc2nc3ccsc3c(=O)[nH]2)cc2c1OCCO2. The van der Waals surface area contributed by atoms with Crippen LogP contribution in [0.1, 0.15) is 16.2 Å². The molecular weight excluding hydrogens is 360 g/mol. The van der Waals surface area contributed by atoms with Crippen molar-refractivity contribution in [3.05, 3.63) is 45.3 Å². The number of esters is 1. The van der Waals surface area contributed by atoms with Crippen LogP contribution in [0.2, 0.25) is 0 Å². The smallest absolute Gasteiger partial charge is 0.338 e. The first-order chi connectivity index (χ1) is 12.7. The second-order valence-electron chi connectivity index (χ2n) is 5.43. The van der Waals surface area contributed by atoms with Crippen molar-refractivity contribution < 1.29 is 23.7 Å². The fourth-order valence-corrected chi connectivity index (χ4v) is 3.32. The van der Waals surface area contributed by atoms with Gasteiger partial charge in [-0.1, -0.05) is 0 Å². The lowest BCUT2D eigenvalue weighted by Gasteiger charge is -2.21. The Balaban J connectivity index is 1.55. The van der Waals surface area contributed by atoms with E-state index in [-0.39, 0.29) is 23.6 Å². The van der Waals surface area contributed by atoms with Crippen LogP contribution in [0.5, 0.6) is 17.2 Å². The maximum Gasteiger partial charge on any atom is 0.338 e. The molecule has 0 bridgehead atoms. The van der Waals surface area contributed by atoms with Crippen LogP contribution >= 0.6 is 11.3 Å². The van der Waals surface area contributed by atoms with Crippen LogP contribution in [0.15, 0.2) is 28.4 Å². The lowest BCUT2D eigenvalue weighted by molar-refractivity contribution is 0.0460. The Morgan fingerprint density at radius 2 is 2.19 bits per heavy atom. The third-order valence-corrected chi connectivity index (χ3v) is 4.67. The van der Waals surface area contributed by atoms with Gasteiger partial charge in [-0.25, -0.2) is 9.78 Å². The van der Waals surface area contributed by atoms with E-state index in [1.54, 1.807) is 11.4 Å². The normalized spacial score (nSPS) is 12.8. The van der Waals surface area contributed by atoms with Gasteiger partial charge < -0.3 is 23.9 Å². The molecule has 0 saturated heterocycles. The molecule has 3 aromatic rings. The van der Waals surface area contributed by atoms with Crippen LogP contribution in [0.3, 0.4) is 0 Å². The zero-order valence-corrected chi connectivity index (χ0v) is 14.6. The second-order valence-corrected chi connectivity index (χ2v) is 6.34. The van der Waals surface area contributed by atoms with E-state index >= 15 is 0 Å². The molecule has 0 atom stereocenters. The van der Waals surface area contributed by atoms with Crippen LogP contribution in [0.4, 0.5) is 0 Å². The average molecular weight is 374 g/mol. The number of carbonyl (C=O) groups excluding carboxylic acids is 1. The van der Waals surface area contributed by atoms with Crippen molar-refractivity contribution in [1.82, 2.24) is 9.97 Å². The number of fused-ring (bicyclic) bond motifs is 2. The van der Waals surface area contributed by atoms with Gasteiger partial charge in [0.05, 0.1) is 18.2 Å². The quantitative estimate of drug-likeness (QED) is 0.698. The number of H-pyrrole nitrogens is 1. The molecule has 1 N–H and O–H groups in total. The Hall–Kier alpha value is -3.07. The summed E-state index contributed by atoms with van der Waals surface area (Å²) in [6.07, 6.45) is 0. The summed E-state index contributed by atoms with van der Waals surface area (Å²) in [5.74, 6) is 0.963. The molecule has 0 radical (unpaired) electrons. The molecule has 0 saturated carbocycles. The highest BCUT2D eigenvalue weighted by Gasteiger charge is 2.21.